The van der Waals surface area contributed by atoms with Crippen molar-refractivity contribution < 1.29 is 14.4 Å². The highest BCUT2D eigenvalue weighted by Gasteiger charge is 2.24. The van der Waals surface area contributed by atoms with Gasteiger partial charge in [-0.25, -0.2) is 9.90 Å². The van der Waals surface area contributed by atoms with E-state index in [9.17, 15) is 4.79 Å². The second kappa shape index (κ2) is 2.80. The molecule has 0 unspecified atom stereocenters. The molecule has 0 atom stereocenters. The molecular weight excluding hydrogens is 122 g/mol. The molecule has 1 aliphatic rings. The fraction of sp³-hybridized carbons (Fsp3) is 0.800. The minimum atomic E-state index is 0.0343. The Kier molecular flexibility index (Phi) is 2.02. The summed E-state index contributed by atoms with van der Waals surface area (Å²) in [6.45, 7) is 0.855. The number of rotatable bonds is 3. The van der Waals surface area contributed by atoms with Crippen molar-refractivity contribution in [2.75, 3.05) is 20.4 Å². The van der Waals surface area contributed by atoms with Crippen molar-refractivity contribution >= 4 is 5.91 Å². The minimum absolute atomic E-state index is 0.0343. The largest absolute Gasteiger partial charge is 0.356 e. The van der Waals surface area contributed by atoms with E-state index >= 15 is 0 Å². The van der Waals surface area contributed by atoms with Gasteiger partial charge in [-0.3, -0.25) is 4.79 Å². The summed E-state index contributed by atoms with van der Waals surface area (Å²) in [4.78, 5) is 15.3. The van der Waals surface area contributed by atoms with E-state index in [0.29, 0.717) is 13.0 Å². The number of carbonyl (C=O) groups is 1. The van der Waals surface area contributed by atoms with Gasteiger partial charge in [-0.05, 0) is 0 Å². The van der Waals surface area contributed by atoms with E-state index in [1.807, 2.05) is 0 Å². The van der Waals surface area contributed by atoms with E-state index in [-0.39, 0.29) is 12.7 Å². The molecule has 0 radical (unpaired) electrons. The molecule has 0 saturated carbocycles. The SMILES string of the molecule is COCON1CCC1=O. The molecule has 0 aromatic rings. The summed E-state index contributed by atoms with van der Waals surface area (Å²) in [5, 5.41) is 1.30. The number of nitrogens with zero attached hydrogens (tertiary/aromatic N) is 1. The summed E-state index contributed by atoms with van der Waals surface area (Å²) >= 11 is 0. The average Bonchev–Trinajstić information content (AvgIpc) is 1.86. The smallest absolute Gasteiger partial charge is 0.248 e. The molecule has 1 saturated heterocycles. The van der Waals surface area contributed by atoms with Gasteiger partial charge in [-0.1, -0.05) is 0 Å². The van der Waals surface area contributed by atoms with Gasteiger partial charge < -0.3 is 4.74 Å². The van der Waals surface area contributed by atoms with Crippen LogP contribution in [0.3, 0.4) is 0 Å². The molecule has 0 aromatic carbocycles. The lowest BCUT2D eigenvalue weighted by atomic mass is 10.3. The first-order chi connectivity index (χ1) is 4.34. The van der Waals surface area contributed by atoms with Gasteiger partial charge in [0.1, 0.15) is 0 Å². The normalized spacial score (nSPS) is 17.9. The number of amides is 1. The second-order valence-electron chi connectivity index (χ2n) is 1.78. The van der Waals surface area contributed by atoms with Crippen molar-refractivity contribution in [2.45, 2.75) is 6.42 Å². The Labute approximate surface area is 53.3 Å². The van der Waals surface area contributed by atoms with Crippen molar-refractivity contribution in [1.82, 2.24) is 5.06 Å². The molecule has 52 valence electrons. The number of hydrogen-bond acceptors (Lipinski definition) is 3. The van der Waals surface area contributed by atoms with Crippen LogP contribution in [0, 0.1) is 0 Å². The number of hydroxylamine groups is 2. The maximum absolute atomic E-state index is 10.5. The second-order valence-corrected chi connectivity index (χ2v) is 1.78. The third kappa shape index (κ3) is 1.40. The topological polar surface area (TPSA) is 38.8 Å². The molecule has 4 heteroatoms. The molecule has 0 aromatic heterocycles. The Hall–Kier alpha value is -0.610. The highest BCUT2D eigenvalue weighted by molar-refractivity contribution is 5.80. The average molecular weight is 131 g/mol. The summed E-state index contributed by atoms with van der Waals surface area (Å²) in [5.74, 6) is 0.0343. The van der Waals surface area contributed by atoms with Gasteiger partial charge in [0, 0.05) is 13.5 Å². The Bertz CT molecular complexity index is 115. The highest BCUT2D eigenvalue weighted by Crippen LogP contribution is 2.07. The van der Waals surface area contributed by atoms with E-state index in [0.717, 1.165) is 0 Å². The van der Waals surface area contributed by atoms with Crippen molar-refractivity contribution in [3.8, 4) is 0 Å². The molecule has 1 fully saturated rings. The Morgan fingerprint density at radius 2 is 2.56 bits per heavy atom. The van der Waals surface area contributed by atoms with Gasteiger partial charge in [0.05, 0.1) is 6.54 Å². The highest BCUT2D eigenvalue weighted by atomic mass is 16.8. The lowest BCUT2D eigenvalue weighted by Gasteiger charge is -2.28. The van der Waals surface area contributed by atoms with Crippen LogP contribution in [-0.2, 0) is 14.4 Å². The van der Waals surface area contributed by atoms with E-state index < -0.39 is 0 Å². The number of ether oxygens (including phenoxy) is 1. The van der Waals surface area contributed by atoms with E-state index in [2.05, 4.69) is 4.74 Å². The van der Waals surface area contributed by atoms with E-state index in [1.165, 1.54) is 12.2 Å². The molecular formula is C5H9NO3. The maximum Gasteiger partial charge on any atom is 0.248 e. The zero-order chi connectivity index (χ0) is 6.69. The number of hydrogen-bond donors (Lipinski definition) is 0. The lowest BCUT2D eigenvalue weighted by Crippen LogP contribution is -2.43. The Balaban J connectivity index is 2.06. The minimum Gasteiger partial charge on any atom is -0.356 e. The Morgan fingerprint density at radius 3 is 2.89 bits per heavy atom. The van der Waals surface area contributed by atoms with E-state index in [1.54, 1.807) is 0 Å². The molecule has 1 aliphatic heterocycles. The first kappa shape index (κ1) is 6.51. The number of β-lactam (4-membered cyclic amide) rings is 1. The van der Waals surface area contributed by atoms with Crippen LogP contribution in [0.15, 0.2) is 0 Å². The number of carbonyl (C=O) groups excluding carboxylic acids is 1. The van der Waals surface area contributed by atoms with Crippen molar-refractivity contribution in [3.63, 3.8) is 0 Å². The zero-order valence-corrected chi connectivity index (χ0v) is 5.29. The molecule has 0 bridgehead atoms. The van der Waals surface area contributed by atoms with Gasteiger partial charge in [-0.2, -0.15) is 0 Å². The molecule has 1 rings (SSSR count). The molecule has 0 aliphatic carbocycles. The summed E-state index contributed by atoms with van der Waals surface area (Å²) in [6.07, 6.45) is 0.601. The summed E-state index contributed by atoms with van der Waals surface area (Å²) in [7, 11) is 1.52. The van der Waals surface area contributed by atoms with Crippen LogP contribution in [0.1, 0.15) is 6.42 Å². The van der Waals surface area contributed by atoms with Crippen molar-refractivity contribution in [1.29, 1.82) is 0 Å². The summed E-state index contributed by atoms with van der Waals surface area (Å²) < 4.78 is 4.58. The van der Waals surface area contributed by atoms with Crippen LogP contribution >= 0.6 is 0 Å². The predicted molar refractivity (Wildman–Crippen MR) is 29.3 cm³/mol. The van der Waals surface area contributed by atoms with Crippen molar-refractivity contribution in [2.24, 2.45) is 0 Å². The fourth-order valence-electron chi connectivity index (χ4n) is 0.547. The van der Waals surface area contributed by atoms with E-state index in [4.69, 9.17) is 4.84 Å². The molecule has 9 heavy (non-hydrogen) atoms. The van der Waals surface area contributed by atoms with Gasteiger partial charge in [0.15, 0.2) is 6.79 Å². The predicted octanol–water partition coefficient (Wildman–Crippen LogP) is -0.246. The first-order valence-electron chi connectivity index (χ1n) is 2.77. The fourth-order valence-corrected chi connectivity index (χ4v) is 0.547. The third-order valence-corrected chi connectivity index (χ3v) is 1.13. The number of methoxy groups -OCH3 is 1. The third-order valence-electron chi connectivity index (χ3n) is 1.13. The monoisotopic (exact) mass is 131 g/mol. The van der Waals surface area contributed by atoms with Crippen LogP contribution in [0.4, 0.5) is 0 Å². The van der Waals surface area contributed by atoms with Gasteiger partial charge in [0.25, 0.3) is 0 Å². The zero-order valence-electron chi connectivity index (χ0n) is 5.29. The van der Waals surface area contributed by atoms with Crippen molar-refractivity contribution in [3.05, 3.63) is 0 Å². The Morgan fingerprint density at radius 1 is 1.78 bits per heavy atom. The van der Waals surface area contributed by atoms with Gasteiger partial charge in [0.2, 0.25) is 5.91 Å². The van der Waals surface area contributed by atoms with Crippen LogP contribution < -0.4 is 0 Å². The van der Waals surface area contributed by atoms with Crippen LogP contribution in [0.5, 0.6) is 0 Å². The molecule has 4 nitrogen and oxygen atoms in total. The first-order valence-corrected chi connectivity index (χ1v) is 2.77. The maximum atomic E-state index is 10.5. The molecule has 1 heterocycles. The van der Waals surface area contributed by atoms with Crippen LogP contribution in [0.2, 0.25) is 0 Å². The van der Waals surface area contributed by atoms with Crippen LogP contribution in [-0.4, -0.2) is 31.4 Å². The molecule has 0 N–H and O–H groups in total. The molecule has 1 amide bonds. The standard InChI is InChI=1S/C5H9NO3/c1-8-4-9-6-3-2-5(6)7/h2-4H2,1H3. The van der Waals surface area contributed by atoms with Crippen LogP contribution in [0.25, 0.3) is 0 Å². The summed E-state index contributed by atoms with van der Waals surface area (Å²) in [6, 6.07) is 0. The van der Waals surface area contributed by atoms with Gasteiger partial charge in [-0.15, -0.1) is 0 Å². The van der Waals surface area contributed by atoms with Gasteiger partial charge >= 0.3 is 0 Å². The quantitative estimate of drug-likeness (QED) is 0.391. The summed E-state index contributed by atoms with van der Waals surface area (Å²) in [5.41, 5.74) is 0. The molecule has 0 spiro atoms. The lowest BCUT2D eigenvalue weighted by molar-refractivity contribution is -0.238.